The Bertz CT molecular complexity index is 703. The van der Waals surface area contributed by atoms with Gasteiger partial charge in [-0.05, 0) is 28.1 Å². The summed E-state index contributed by atoms with van der Waals surface area (Å²) in [5.74, 6) is 0.572. The number of fused-ring (bicyclic) bond motifs is 3. The lowest BCUT2D eigenvalue weighted by molar-refractivity contribution is 1.25. The molecule has 2 heterocycles. The zero-order valence-electron chi connectivity index (χ0n) is 8.16. The third-order valence-electron chi connectivity index (χ3n) is 2.50. The van der Waals surface area contributed by atoms with Gasteiger partial charge in [-0.2, -0.15) is 4.98 Å². The Balaban J connectivity index is 2.66. The van der Waals surface area contributed by atoms with Gasteiger partial charge in [0.05, 0.1) is 10.9 Å². The van der Waals surface area contributed by atoms with Crippen LogP contribution in [0.25, 0.3) is 21.8 Å². The molecular weight excluding hydrogens is 270 g/mol. The molecule has 5 nitrogen and oxygen atoms in total. The average molecular weight is 278 g/mol. The molecule has 16 heavy (non-hydrogen) atoms. The van der Waals surface area contributed by atoms with E-state index in [2.05, 4.69) is 30.9 Å². The summed E-state index contributed by atoms with van der Waals surface area (Å²) in [5, 5.41) is 1.78. The second-order valence-electron chi connectivity index (χ2n) is 3.49. The minimum atomic E-state index is 0.186. The van der Waals surface area contributed by atoms with E-state index in [9.17, 15) is 0 Å². The fourth-order valence-corrected chi connectivity index (χ4v) is 2.45. The highest BCUT2D eigenvalue weighted by Gasteiger charge is 2.11. The summed E-state index contributed by atoms with van der Waals surface area (Å²) in [6.07, 6.45) is 1.85. The fraction of sp³-hybridized carbons (Fsp3) is 0. The molecule has 0 radical (unpaired) electrons. The number of halogens is 1. The van der Waals surface area contributed by atoms with Crippen molar-refractivity contribution in [1.82, 2.24) is 15.0 Å². The van der Waals surface area contributed by atoms with Gasteiger partial charge >= 0.3 is 0 Å². The van der Waals surface area contributed by atoms with E-state index in [1.165, 1.54) is 0 Å². The molecule has 0 atom stereocenters. The highest BCUT2D eigenvalue weighted by atomic mass is 79.9. The van der Waals surface area contributed by atoms with Gasteiger partial charge in [0.15, 0.2) is 0 Å². The molecule has 0 aliphatic carbocycles. The van der Waals surface area contributed by atoms with Crippen molar-refractivity contribution in [3.8, 4) is 0 Å². The number of nitrogens with one attached hydrogen (secondary N) is 1. The Morgan fingerprint density at radius 2 is 2.06 bits per heavy atom. The van der Waals surface area contributed by atoms with Crippen LogP contribution in [0.5, 0.6) is 0 Å². The van der Waals surface area contributed by atoms with Crippen molar-refractivity contribution in [2.75, 3.05) is 11.5 Å². The maximum atomic E-state index is 5.85. The Hall–Kier alpha value is -1.82. The van der Waals surface area contributed by atoms with E-state index in [0.717, 1.165) is 26.3 Å². The standard InChI is InChI=1S/C10H8BrN5/c11-5-3-6-4(1-2-14-6)8-7(5)9(12)16-10(13)15-8/h1-3,14H,(H4,12,13,15,16). The van der Waals surface area contributed by atoms with Gasteiger partial charge in [0.1, 0.15) is 5.82 Å². The van der Waals surface area contributed by atoms with E-state index in [4.69, 9.17) is 11.5 Å². The molecule has 3 aromatic rings. The highest BCUT2D eigenvalue weighted by Crippen LogP contribution is 2.33. The fourth-order valence-electron chi connectivity index (χ4n) is 1.83. The molecule has 0 amide bonds. The van der Waals surface area contributed by atoms with Gasteiger partial charge in [0, 0.05) is 21.6 Å². The van der Waals surface area contributed by atoms with Crippen molar-refractivity contribution in [2.24, 2.45) is 0 Å². The monoisotopic (exact) mass is 277 g/mol. The topological polar surface area (TPSA) is 93.6 Å². The second-order valence-corrected chi connectivity index (χ2v) is 4.34. The van der Waals surface area contributed by atoms with Gasteiger partial charge in [0.2, 0.25) is 5.95 Å². The first-order valence-electron chi connectivity index (χ1n) is 4.65. The van der Waals surface area contributed by atoms with Crippen LogP contribution in [0.1, 0.15) is 0 Å². The van der Waals surface area contributed by atoms with Crippen molar-refractivity contribution in [1.29, 1.82) is 0 Å². The maximum Gasteiger partial charge on any atom is 0.222 e. The van der Waals surface area contributed by atoms with E-state index in [1.807, 2.05) is 18.3 Å². The minimum absolute atomic E-state index is 0.186. The summed E-state index contributed by atoms with van der Waals surface area (Å²) in [6, 6.07) is 3.89. The second kappa shape index (κ2) is 3.08. The van der Waals surface area contributed by atoms with Crippen LogP contribution in [-0.4, -0.2) is 15.0 Å². The van der Waals surface area contributed by atoms with Gasteiger partial charge in [-0.15, -0.1) is 0 Å². The molecule has 6 heteroatoms. The molecule has 0 bridgehead atoms. The third-order valence-corrected chi connectivity index (χ3v) is 3.12. The normalized spacial score (nSPS) is 11.3. The molecule has 5 N–H and O–H groups in total. The Kier molecular flexibility index (Phi) is 1.81. The van der Waals surface area contributed by atoms with Crippen molar-refractivity contribution in [3.05, 3.63) is 22.8 Å². The number of hydrogen-bond donors (Lipinski definition) is 3. The Labute approximate surface area is 99.0 Å². The lowest BCUT2D eigenvalue weighted by atomic mass is 10.1. The van der Waals surface area contributed by atoms with Gasteiger partial charge in [-0.25, -0.2) is 4.98 Å². The van der Waals surface area contributed by atoms with Gasteiger partial charge in [-0.3, -0.25) is 0 Å². The van der Waals surface area contributed by atoms with Crippen molar-refractivity contribution in [2.45, 2.75) is 0 Å². The molecule has 1 aromatic carbocycles. The van der Waals surface area contributed by atoms with Gasteiger partial charge < -0.3 is 16.5 Å². The Morgan fingerprint density at radius 3 is 2.88 bits per heavy atom. The predicted molar refractivity (Wildman–Crippen MR) is 67.9 cm³/mol. The molecule has 0 unspecified atom stereocenters. The summed E-state index contributed by atoms with van der Waals surface area (Å²) in [4.78, 5) is 11.3. The summed E-state index contributed by atoms with van der Waals surface area (Å²) in [7, 11) is 0. The van der Waals surface area contributed by atoms with Crippen molar-refractivity contribution >= 4 is 49.5 Å². The first-order chi connectivity index (χ1) is 7.66. The van der Waals surface area contributed by atoms with Gasteiger partial charge in [0.25, 0.3) is 0 Å². The summed E-state index contributed by atoms with van der Waals surface area (Å²) >= 11 is 3.46. The quantitative estimate of drug-likeness (QED) is 0.586. The highest BCUT2D eigenvalue weighted by molar-refractivity contribution is 9.10. The smallest absolute Gasteiger partial charge is 0.222 e. The first-order valence-corrected chi connectivity index (χ1v) is 5.44. The molecule has 0 aliphatic heterocycles. The minimum Gasteiger partial charge on any atom is -0.383 e. The van der Waals surface area contributed by atoms with Crippen LogP contribution in [-0.2, 0) is 0 Å². The summed E-state index contributed by atoms with van der Waals surface area (Å²) in [6.45, 7) is 0. The number of nitrogen functional groups attached to an aromatic ring is 2. The molecule has 80 valence electrons. The number of hydrogen-bond acceptors (Lipinski definition) is 4. The van der Waals surface area contributed by atoms with E-state index in [0.29, 0.717) is 5.82 Å². The van der Waals surface area contributed by atoms with Crippen LogP contribution in [0.4, 0.5) is 11.8 Å². The van der Waals surface area contributed by atoms with Crippen LogP contribution < -0.4 is 11.5 Å². The molecule has 3 rings (SSSR count). The number of benzene rings is 1. The van der Waals surface area contributed by atoms with E-state index < -0.39 is 0 Å². The van der Waals surface area contributed by atoms with Gasteiger partial charge in [-0.1, -0.05) is 0 Å². The summed E-state index contributed by atoms with van der Waals surface area (Å²) in [5.41, 5.74) is 13.2. The number of H-pyrrole nitrogens is 1. The molecule has 2 aromatic heterocycles. The zero-order valence-corrected chi connectivity index (χ0v) is 9.75. The van der Waals surface area contributed by atoms with Crippen LogP contribution in [0.15, 0.2) is 22.8 Å². The van der Waals surface area contributed by atoms with Crippen LogP contribution in [0.3, 0.4) is 0 Å². The number of rotatable bonds is 0. The molecule has 0 aliphatic rings. The maximum absolute atomic E-state index is 5.85. The molecular formula is C10H8BrN5. The molecule has 0 saturated heterocycles. The predicted octanol–water partition coefficient (Wildman–Crippen LogP) is 2.04. The molecule has 0 spiro atoms. The number of nitrogens with two attached hydrogens (primary N) is 2. The Morgan fingerprint density at radius 1 is 1.25 bits per heavy atom. The number of aromatic amines is 1. The lowest BCUT2D eigenvalue weighted by Gasteiger charge is -2.05. The van der Waals surface area contributed by atoms with E-state index >= 15 is 0 Å². The first kappa shape index (κ1) is 9.41. The number of anilines is 2. The van der Waals surface area contributed by atoms with E-state index in [-0.39, 0.29) is 5.95 Å². The van der Waals surface area contributed by atoms with Crippen molar-refractivity contribution < 1.29 is 0 Å². The average Bonchev–Trinajstić information content (AvgIpc) is 2.64. The third kappa shape index (κ3) is 1.16. The van der Waals surface area contributed by atoms with Crippen LogP contribution in [0, 0.1) is 0 Å². The number of nitrogens with zero attached hydrogens (tertiary/aromatic N) is 2. The SMILES string of the molecule is Nc1nc(N)c2c(Br)cc3[nH]ccc3c2n1. The summed E-state index contributed by atoms with van der Waals surface area (Å²) < 4.78 is 0.856. The molecule has 0 fully saturated rings. The zero-order chi connectivity index (χ0) is 11.3. The number of aromatic nitrogens is 3. The van der Waals surface area contributed by atoms with Crippen LogP contribution in [0.2, 0.25) is 0 Å². The largest absolute Gasteiger partial charge is 0.383 e. The lowest BCUT2D eigenvalue weighted by Crippen LogP contribution is -2.01. The van der Waals surface area contributed by atoms with Crippen molar-refractivity contribution in [3.63, 3.8) is 0 Å². The molecule has 0 saturated carbocycles. The van der Waals surface area contributed by atoms with Crippen LogP contribution >= 0.6 is 15.9 Å². The van der Waals surface area contributed by atoms with E-state index in [1.54, 1.807) is 0 Å².